The Morgan fingerprint density at radius 3 is 2.48 bits per heavy atom. The van der Waals surface area contributed by atoms with Gasteiger partial charge < -0.3 is 4.74 Å². The molecule has 5 nitrogen and oxygen atoms in total. The fourth-order valence-electron chi connectivity index (χ4n) is 2.91. The predicted molar refractivity (Wildman–Crippen MR) is 132 cm³/mol. The Balaban J connectivity index is 2.14. The monoisotopic (exact) mass is 503 g/mol. The van der Waals surface area contributed by atoms with Gasteiger partial charge in [-0.25, -0.2) is 4.98 Å². The lowest BCUT2D eigenvalue weighted by molar-refractivity contribution is 0.197. The van der Waals surface area contributed by atoms with Crippen LogP contribution >= 0.6 is 27.5 Å². The molecule has 0 spiro atoms. The number of fused-ring (bicyclic) bond motifs is 1. The molecule has 0 N–H and O–H groups in total. The molecule has 0 radical (unpaired) electrons. The fourth-order valence-corrected chi connectivity index (χ4v) is 3.45. The van der Waals surface area contributed by atoms with Crippen molar-refractivity contribution in [1.82, 2.24) is 9.66 Å². The highest BCUT2D eigenvalue weighted by Gasteiger charge is 2.23. The van der Waals surface area contributed by atoms with Gasteiger partial charge in [-0.3, -0.25) is 4.79 Å². The molecule has 0 fully saturated rings. The minimum Gasteiger partial charge on any atom is -0.492 e. The molecule has 7 heteroatoms. The molecule has 31 heavy (non-hydrogen) atoms. The van der Waals surface area contributed by atoms with Crippen LogP contribution in [0.15, 0.2) is 50.8 Å². The Morgan fingerprint density at radius 2 is 1.84 bits per heavy atom. The van der Waals surface area contributed by atoms with Gasteiger partial charge in [-0.1, -0.05) is 69.1 Å². The Hall–Kier alpha value is -2.18. The van der Waals surface area contributed by atoms with Gasteiger partial charge in [-0.2, -0.15) is 9.78 Å². The van der Waals surface area contributed by atoms with Gasteiger partial charge in [-0.15, -0.1) is 0 Å². The van der Waals surface area contributed by atoms with E-state index in [0.29, 0.717) is 39.7 Å². The number of ether oxygens (including phenoxy) is 1. The first kappa shape index (κ1) is 23.5. The van der Waals surface area contributed by atoms with Crippen LogP contribution in [0.25, 0.3) is 10.9 Å². The van der Waals surface area contributed by atoms with Crippen LogP contribution in [-0.2, 0) is 5.41 Å². The van der Waals surface area contributed by atoms with E-state index in [-0.39, 0.29) is 11.0 Å². The number of rotatable bonds is 4. The molecular formula is C24H27BrClN3O2. The zero-order valence-electron chi connectivity index (χ0n) is 18.7. The number of halogens is 2. The van der Waals surface area contributed by atoms with Crippen LogP contribution in [-0.4, -0.2) is 22.5 Å². The van der Waals surface area contributed by atoms with Crippen molar-refractivity contribution in [3.8, 4) is 5.75 Å². The SMILES string of the molecule is CC(C)(C)COc1ccc(Cl)cc1C=Nn1c(C(C)(C)C)nc2ccc(Br)cc2c1=O. The highest BCUT2D eigenvalue weighted by Crippen LogP contribution is 2.25. The molecule has 3 rings (SSSR count). The van der Waals surface area contributed by atoms with E-state index in [2.05, 4.69) is 41.8 Å². The Kier molecular flexibility index (Phi) is 6.63. The second kappa shape index (κ2) is 8.75. The molecule has 3 aromatic rings. The molecule has 2 aromatic carbocycles. The first-order valence-corrected chi connectivity index (χ1v) is 11.2. The molecule has 0 atom stereocenters. The molecule has 0 unspecified atom stereocenters. The average Bonchev–Trinajstić information content (AvgIpc) is 2.65. The summed E-state index contributed by atoms with van der Waals surface area (Å²) in [6.45, 7) is 12.8. The van der Waals surface area contributed by atoms with Gasteiger partial charge in [-0.05, 0) is 41.8 Å². The van der Waals surface area contributed by atoms with Gasteiger partial charge in [0.05, 0.1) is 23.7 Å². The van der Waals surface area contributed by atoms with Crippen molar-refractivity contribution in [2.75, 3.05) is 6.61 Å². The van der Waals surface area contributed by atoms with Crippen LogP contribution in [0.5, 0.6) is 5.75 Å². The Morgan fingerprint density at radius 1 is 1.13 bits per heavy atom. The predicted octanol–water partition coefficient (Wildman–Crippen LogP) is 6.42. The van der Waals surface area contributed by atoms with Gasteiger partial charge >= 0.3 is 0 Å². The van der Waals surface area contributed by atoms with E-state index < -0.39 is 5.41 Å². The summed E-state index contributed by atoms with van der Waals surface area (Å²) in [5, 5.41) is 5.59. The molecule has 0 bridgehead atoms. The van der Waals surface area contributed by atoms with Gasteiger partial charge in [0.15, 0.2) is 0 Å². The zero-order valence-corrected chi connectivity index (χ0v) is 21.0. The summed E-state index contributed by atoms with van der Waals surface area (Å²) in [5.74, 6) is 1.23. The van der Waals surface area contributed by atoms with E-state index in [1.54, 1.807) is 24.4 Å². The van der Waals surface area contributed by atoms with E-state index in [0.717, 1.165) is 4.47 Å². The molecule has 0 aliphatic rings. The van der Waals surface area contributed by atoms with Crippen LogP contribution in [0, 0.1) is 5.41 Å². The first-order valence-electron chi connectivity index (χ1n) is 10.0. The van der Waals surface area contributed by atoms with Crippen LogP contribution in [0.1, 0.15) is 52.9 Å². The Labute approximate surface area is 196 Å². The third-order valence-electron chi connectivity index (χ3n) is 4.42. The number of hydrogen-bond donors (Lipinski definition) is 0. The molecule has 0 aliphatic heterocycles. The average molecular weight is 505 g/mol. The zero-order chi connectivity index (χ0) is 23.0. The second-order valence-electron chi connectivity index (χ2n) is 9.74. The van der Waals surface area contributed by atoms with Crippen molar-refractivity contribution < 1.29 is 4.74 Å². The van der Waals surface area contributed by atoms with Crippen LogP contribution in [0.2, 0.25) is 5.02 Å². The largest absolute Gasteiger partial charge is 0.492 e. The number of benzene rings is 2. The van der Waals surface area contributed by atoms with Crippen molar-refractivity contribution in [3.05, 3.63) is 67.6 Å². The molecule has 0 amide bonds. The summed E-state index contributed by atoms with van der Waals surface area (Å²) < 4.78 is 8.17. The van der Waals surface area contributed by atoms with Gasteiger partial charge in [0.25, 0.3) is 5.56 Å². The van der Waals surface area contributed by atoms with Crippen LogP contribution < -0.4 is 10.3 Å². The van der Waals surface area contributed by atoms with Crippen LogP contribution in [0.4, 0.5) is 0 Å². The second-order valence-corrected chi connectivity index (χ2v) is 11.1. The molecule has 0 saturated carbocycles. The lowest BCUT2D eigenvalue weighted by Crippen LogP contribution is -2.29. The van der Waals surface area contributed by atoms with Gasteiger partial charge in [0.2, 0.25) is 0 Å². The summed E-state index contributed by atoms with van der Waals surface area (Å²) in [6.07, 6.45) is 1.60. The summed E-state index contributed by atoms with van der Waals surface area (Å²) >= 11 is 9.65. The molecule has 0 saturated heterocycles. The van der Waals surface area contributed by atoms with Crippen molar-refractivity contribution in [1.29, 1.82) is 0 Å². The lowest BCUT2D eigenvalue weighted by atomic mass is 9.95. The molecular weight excluding hydrogens is 478 g/mol. The maximum absolute atomic E-state index is 13.3. The number of hydrogen-bond acceptors (Lipinski definition) is 4. The highest BCUT2D eigenvalue weighted by atomic mass is 79.9. The molecule has 164 valence electrons. The van der Waals surface area contributed by atoms with E-state index in [4.69, 9.17) is 21.3 Å². The number of nitrogens with zero attached hydrogens (tertiary/aromatic N) is 3. The van der Waals surface area contributed by atoms with Crippen molar-refractivity contribution >= 4 is 44.6 Å². The minimum absolute atomic E-state index is 0.0000433. The summed E-state index contributed by atoms with van der Waals surface area (Å²) in [5.41, 5.74) is 0.712. The molecule has 1 heterocycles. The Bertz CT molecular complexity index is 1200. The standard InChI is InChI=1S/C24H27BrClN3O2/c1-23(2,3)14-31-20-10-8-17(26)11-15(20)13-27-29-21(30)18-12-16(25)7-9-19(18)28-22(29)24(4,5)6/h7-13H,14H2,1-6H3. The smallest absolute Gasteiger partial charge is 0.282 e. The topological polar surface area (TPSA) is 56.5 Å². The van der Waals surface area contributed by atoms with Gasteiger partial charge in [0.1, 0.15) is 11.6 Å². The van der Waals surface area contributed by atoms with E-state index >= 15 is 0 Å². The maximum Gasteiger partial charge on any atom is 0.282 e. The normalized spacial score (nSPS) is 12.6. The molecule has 1 aromatic heterocycles. The maximum atomic E-state index is 13.3. The van der Waals surface area contributed by atoms with E-state index in [9.17, 15) is 4.79 Å². The van der Waals surface area contributed by atoms with E-state index in [1.165, 1.54) is 4.68 Å². The minimum atomic E-state index is -0.391. The quantitative estimate of drug-likeness (QED) is 0.385. The fraction of sp³-hybridized carbons (Fsp3) is 0.375. The third-order valence-corrected chi connectivity index (χ3v) is 5.15. The lowest BCUT2D eigenvalue weighted by Gasteiger charge is -2.21. The van der Waals surface area contributed by atoms with E-state index in [1.807, 2.05) is 39.0 Å². The van der Waals surface area contributed by atoms with Crippen molar-refractivity contribution in [2.24, 2.45) is 10.5 Å². The summed E-state index contributed by atoms with van der Waals surface area (Å²) in [4.78, 5) is 18.0. The van der Waals surface area contributed by atoms with Crippen molar-refractivity contribution in [2.45, 2.75) is 47.0 Å². The van der Waals surface area contributed by atoms with Crippen LogP contribution in [0.3, 0.4) is 0 Å². The third kappa shape index (κ3) is 5.74. The molecule has 0 aliphatic carbocycles. The highest BCUT2D eigenvalue weighted by molar-refractivity contribution is 9.10. The first-order chi connectivity index (χ1) is 14.3. The summed E-state index contributed by atoms with van der Waals surface area (Å²) in [6, 6.07) is 10.8. The summed E-state index contributed by atoms with van der Waals surface area (Å²) in [7, 11) is 0. The van der Waals surface area contributed by atoms with Gasteiger partial charge in [0, 0.05) is 20.5 Å². The number of aromatic nitrogens is 2. The van der Waals surface area contributed by atoms with Crippen molar-refractivity contribution in [3.63, 3.8) is 0 Å².